The van der Waals surface area contributed by atoms with E-state index in [4.69, 9.17) is 0 Å². The molecule has 1 aromatic carbocycles. The van der Waals surface area contributed by atoms with Crippen LogP contribution in [0.15, 0.2) is 27.8 Å². The molecule has 0 fully saturated rings. The minimum Gasteiger partial charge on any atom is -0.385 e. The van der Waals surface area contributed by atoms with Crippen molar-refractivity contribution in [1.29, 1.82) is 0 Å². The molecule has 0 aliphatic carbocycles. The fourth-order valence-corrected chi connectivity index (χ4v) is 2.23. The maximum Gasteiger partial charge on any atom is 0.348 e. The van der Waals surface area contributed by atoms with Gasteiger partial charge in [-0.3, -0.25) is 0 Å². The zero-order valence-corrected chi connectivity index (χ0v) is 9.12. The molecular weight excluding hydrogens is 220 g/mol. The molecule has 0 saturated carbocycles. The first-order valence-corrected chi connectivity index (χ1v) is 5.53. The zero-order chi connectivity index (χ0) is 11.8. The van der Waals surface area contributed by atoms with E-state index in [0.29, 0.717) is 5.69 Å². The van der Waals surface area contributed by atoms with Crippen LogP contribution in [0.25, 0.3) is 5.69 Å². The second kappa shape index (κ2) is 3.65. The van der Waals surface area contributed by atoms with E-state index in [2.05, 4.69) is 15.5 Å². The lowest BCUT2D eigenvalue weighted by Crippen LogP contribution is -2.27. The van der Waals surface area contributed by atoms with E-state index < -0.39 is 11.4 Å². The average Bonchev–Trinajstić information content (AvgIpc) is 2.69. The summed E-state index contributed by atoms with van der Waals surface area (Å²) in [6.07, 6.45) is 1.87. The predicted molar refractivity (Wildman–Crippen MR) is 63.8 cm³/mol. The number of hydrogen-bond donors (Lipinski definition) is 3. The smallest absolute Gasteiger partial charge is 0.348 e. The number of fused-ring (bicyclic) bond motifs is 1. The molecule has 2 heterocycles. The van der Waals surface area contributed by atoms with Crippen LogP contribution in [0.1, 0.15) is 12.0 Å². The largest absolute Gasteiger partial charge is 0.385 e. The highest BCUT2D eigenvalue weighted by molar-refractivity contribution is 5.61. The quantitative estimate of drug-likeness (QED) is 0.657. The molecule has 0 bridgehead atoms. The van der Waals surface area contributed by atoms with Gasteiger partial charge in [0, 0.05) is 12.2 Å². The van der Waals surface area contributed by atoms with Gasteiger partial charge in [0.05, 0.1) is 5.69 Å². The van der Waals surface area contributed by atoms with Gasteiger partial charge < -0.3 is 5.32 Å². The van der Waals surface area contributed by atoms with E-state index in [1.54, 1.807) is 6.07 Å². The lowest BCUT2D eigenvalue weighted by atomic mass is 10.0. The molecule has 3 N–H and O–H groups in total. The fourth-order valence-electron chi connectivity index (χ4n) is 2.23. The van der Waals surface area contributed by atoms with Gasteiger partial charge in [0.2, 0.25) is 0 Å². The van der Waals surface area contributed by atoms with Crippen LogP contribution in [0.3, 0.4) is 0 Å². The Morgan fingerprint density at radius 1 is 1.12 bits per heavy atom. The normalized spacial score (nSPS) is 14.1. The Kier molecular flexibility index (Phi) is 2.14. The number of hydrogen-bond acceptors (Lipinski definition) is 3. The first-order valence-electron chi connectivity index (χ1n) is 5.53. The van der Waals surface area contributed by atoms with Crippen molar-refractivity contribution in [2.75, 3.05) is 11.9 Å². The summed E-state index contributed by atoms with van der Waals surface area (Å²) in [5, 5.41) is 7.85. The second-order valence-electron chi connectivity index (χ2n) is 4.03. The van der Waals surface area contributed by atoms with Crippen LogP contribution < -0.4 is 16.7 Å². The molecule has 1 aromatic heterocycles. The molecule has 2 aromatic rings. The van der Waals surface area contributed by atoms with Gasteiger partial charge in [-0.2, -0.15) is 0 Å². The fraction of sp³-hybridized carbons (Fsp3) is 0.273. The number of H-pyrrole nitrogens is 2. The molecule has 0 atom stereocenters. The van der Waals surface area contributed by atoms with Gasteiger partial charge in [-0.15, -0.1) is 0 Å². The maximum atomic E-state index is 11.6. The molecule has 1 aliphatic heterocycles. The summed E-state index contributed by atoms with van der Waals surface area (Å²) < 4.78 is 1.13. The van der Waals surface area contributed by atoms with Gasteiger partial charge in [-0.1, -0.05) is 6.07 Å². The van der Waals surface area contributed by atoms with Crippen LogP contribution in [-0.2, 0) is 6.42 Å². The Balaban J connectivity index is 2.29. The van der Waals surface area contributed by atoms with Crippen molar-refractivity contribution in [3.8, 4) is 5.69 Å². The minimum absolute atomic E-state index is 0.436. The maximum absolute atomic E-state index is 11.6. The van der Waals surface area contributed by atoms with Crippen LogP contribution in [0.4, 0.5) is 5.69 Å². The summed E-state index contributed by atoms with van der Waals surface area (Å²) in [5.74, 6) is 0. The summed E-state index contributed by atoms with van der Waals surface area (Å²) >= 11 is 0. The van der Waals surface area contributed by atoms with Crippen molar-refractivity contribution >= 4 is 5.69 Å². The Labute approximate surface area is 96.3 Å². The Hall–Kier alpha value is -2.24. The average molecular weight is 232 g/mol. The van der Waals surface area contributed by atoms with Crippen LogP contribution in [0.2, 0.25) is 0 Å². The third-order valence-electron chi connectivity index (χ3n) is 2.99. The van der Waals surface area contributed by atoms with E-state index >= 15 is 0 Å². The molecule has 0 saturated heterocycles. The van der Waals surface area contributed by atoms with E-state index in [1.807, 2.05) is 12.1 Å². The van der Waals surface area contributed by atoms with Gasteiger partial charge in [-0.05, 0) is 30.5 Å². The third kappa shape index (κ3) is 1.49. The van der Waals surface area contributed by atoms with Crippen molar-refractivity contribution in [1.82, 2.24) is 14.8 Å². The number of benzene rings is 1. The Bertz CT molecular complexity index is 637. The predicted octanol–water partition coefficient (Wildman–Crippen LogP) is 0.212. The van der Waals surface area contributed by atoms with Crippen molar-refractivity contribution in [3.05, 3.63) is 44.7 Å². The summed E-state index contributed by atoms with van der Waals surface area (Å²) in [6, 6.07) is 5.59. The molecular formula is C11H12N4O2. The highest BCUT2D eigenvalue weighted by atomic mass is 16.2. The standard InChI is InChI=1S/C11H12N4O2/c16-10-13-14-11(17)15(10)9-5-1-4-8-7(9)3-2-6-12-8/h1,4-5,12H,2-3,6H2,(H,13,16)(H,14,17). The lowest BCUT2D eigenvalue weighted by Gasteiger charge is -2.20. The van der Waals surface area contributed by atoms with Crippen LogP contribution >= 0.6 is 0 Å². The number of rotatable bonds is 1. The molecule has 0 unspecified atom stereocenters. The summed E-state index contributed by atoms with van der Waals surface area (Å²) in [7, 11) is 0. The monoisotopic (exact) mass is 232 g/mol. The van der Waals surface area contributed by atoms with E-state index in [0.717, 1.165) is 35.2 Å². The van der Waals surface area contributed by atoms with Crippen molar-refractivity contribution < 1.29 is 0 Å². The molecule has 0 radical (unpaired) electrons. The van der Waals surface area contributed by atoms with E-state index in [1.165, 1.54) is 0 Å². The number of aromatic nitrogens is 3. The molecule has 6 nitrogen and oxygen atoms in total. The van der Waals surface area contributed by atoms with Gasteiger partial charge >= 0.3 is 11.4 Å². The minimum atomic E-state index is -0.436. The van der Waals surface area contributed by atoms with Gasteiger partial charge in [0.15, 0.2) is 0 Å². The van der Waals surface area contributed by atoms with Gasteiger partial charge in [0.1, 0.15) is 0 Å². The van der Waals surface area contributed by atoms with Crippen molar-refractivity contribution in [3.63, 3.8) is 0 Å². The number of aromatic amines is 2. The van der Waals surface area contributed by atoms with Crippen molar-refractivity contribution in [2.45, 2.75) is 12.8 Å². The Morgan fingerprint density at radius 3 is 2.65 bits per heavy atom. The summed E-state index contributed by atoms with van der Waals surface area (Å²) in [5.41, 5.74) is 1.80. The van der Waals surface area contributed by atoms with Crippen LogP contribution in [-0.4, -0.2) is 21.3 Å². The summed E-state index contributed by atoms with van der Waals surface area (Å²) in [4.78, 5) is 23.2. The molecule has 88 valence electrons. The van der Waals surface area contributed by atoms with Gasteiger partial charge in [-0.25, -0.2) is 24.4 Å². The Morgan fingerprint density at radius 2 is 1.88 bits per heavy atom. The lowest BCUT2D eigenvalue weighted by molar-refractivity contribution is 0.810. The first-order chi connectivity index (χ1) is 8.27. The van der Waals surface area contributed by atoms with E-state index in [-0.39, 0.29) is 0 Å². The topological polar surface area (TPSA) is 82.7 Å². The zero-order valence-electron chi connectivity index (χ0n) is 9.12. The van der Waals surface area contributed by atoms with Crippen molar-refractivity contribution in [2.24, 2.45) is 0 Å². The highest BCUT2D eigenvalue weighted by Gasteiger charge is 2.16. The molecule has 17 heavy (non-hydrogen) atoms. The molecule has 6 heteroatoms. The van der Waals surface area contributed by atoms with Gasteiger partial charge in [0.25, 0.3) is 0 Å². The van der Waals surface area contributed by atoms with Crippen LogP contribution in [0, 0.1) is 0 Å². The summed E-state index contributed by atoms with van der Waals surface area (Å²) in [6.45, 7) is 0.925. The molecule has 0 amide bonds. The highest BCUT2D eigenvalue weighted by Crippen LogP contribution is 2.26. The third-order valence-corrected chi connectivity index (χ3v) is 2.99. The van der Waals surface area contributed by atoms with Crippen LogP contribution in [0.5, 0.6) is 0 Å². The second-order valence-corrected chi connectivity index (χ2v) is 4.03. The number of nitrogens with zero attached hydrogens (tertiary/aromatic N) is 1. The first kappa shape index (κ1) is 9.95. The van der Waals surface area contributed by atoms with E-state index in [9.17, 15) is 9.59 Å². The number of anilines is 1. The molecule has 3 rings (SSSR count). The molecule has 0 spiro atoms. The number of nitrogens with one attached hydrogen (secondary N) is 3. The molecule has 1 aliphatic rings. The SMILES string of the molecule is O=c1[nH][nH]c(=O)n1-c1cccc2c1CCCN2.